The Morgan fingerprint density at radius 2 is 1.66 bits per heavy atom. The number of amides is 2. The van der Waals surface area contributed by atoms with Crippen LogP contribution < -0.4 is 10.1 Å². The Hall–Kier alpha value is -2.82. The highest BCUT2D eigenvalue weighted by atomic mass is 16.5. The van der Waals surface area contributed by atoms with Crippen molar-refractivity contribution in [3.8, 4) is 5.75 Å². The SMILES string of the molecule is CCCNC(=O)[C@H](CC)N(CCc1ccccc1)C(=O)COc1ccc(C(C)(C)C)cc1. The Bertz CT molecular complexity index is 841. The summed E-state index contributed by atoms with van der Waals surface area (Å²) < 4.78 is 5.80. The number of carbonyl (C=O) groups excluding carboxylic acids is 2. The number of hydrogen-bond acceptors (Lipinski definition) is 3. The maximum absolute atomic E-state index is 13.2. The monoisotopic (exact) mass is 438 g/mol. The molecule has 1 N–H and O–H groups in total. The molecule has 0 fully saturated rings. The third kappa shape index (κ3) is 7.70. The second-order valence-corrected chi connectivity index (χ2v) is 9.10. The molecule has 5 nitrogen and oxygen atoms in total. The molecule has 0 aliphatic heterocycles. The second-order valence-electron chi connectivity index (χ2n) is 9.10. The fraction of sp³-hybridized carbons (Fsp3) is 0.481. The number of nitrogens with one attached hydrogen (secondary N) is 1. The van der Waals surface area contributed by atoms with Gasteiger partial charge >= 0.3 is 0 Å². The van der Waals surface area contributed by atoms with Crippen LogP contribution in [0.15, 0.2) is 54.6 Å². The molecule has 2 rings (SSSR count). The number of ether oxygens (including phenoxy) is 1. The highest BCUT2D eigenvalue weighted by Crippen LogP contribution is 2.24. The summed E-state index contributed by atoms with van der Waals surface area (Å²) in [4.78, 5) is 27.6. The molecule has 0 radical (unpaired) electrons. The van der Waals surface area contributed by atoms with Crippen LogP contribution in [-0.2, 0) is 21.4 Å². The summed E-state index contributed by atoms with van der Waals surface area (Å²) >= 11 is 0. The normalized spacial score (nSPS) is 12.2. The van der Waals surface area contributed by atoms with Crippen molar-refractivity contribution in [1.29, 1.82) is 0 Å². The number of hydrogen-bond donors (Lipinski definition) is 1. The van der Waals surface area contributed by atoms with Crippen LogP contribution in [0.4, 0.5) is 0 Å². The molecule has 0 unspecified atom stereocenters. The van der Waals surface area contributed by atoms with Gasteiger partial charge in [-0.2, -0.15) is 0 Å². The number of benzene rings is 2. The highest BCUT2D eigenvalue weighted by molar-refractivity contribution is 5.88. The van der Waals surface area contributed by atoms with Crippen molar-refractivity contribution in [1.82, 2.24) is 10.2 Å². The molecule has 0 saturated heterocycles. The average molecular weight is 439 g/mol. The molecule has 0 saturated carbocycles. The van der Waals surface area contributed by atoms with Gasteiger partial charge in [0.05, 0.1) is 0 Å². The first-order chi connectivity index (χ1) is 15.3. The van der Waals surface area contributed by atoms with E-state index in [0.717, 1.165) is 12.0 Å². The zero-order valence-corrected chi connectivity index (χ0v) is 20.2. The molecule has 0 bridgehead atoms. The molecule has 2 amide bonds. The van der Waals surface area contributed by atoms with E-state index in [0.29, 0.717) is 31.7 Å². The quantitative estimate of drug-likeness (QED) is 0.551. The molecule has 0 heterocycles. The molecular formula is C27H38N2O3. The number of rotatable bonds is 11. The molecule has 2 aromatic rings. The van der Waals surface area contributed by atoms with E-state index in [1.807, 2.05) is 68.4 Å². The molecule has 174 valence electrons. The summed E-state index contributed by atoms with van der Waals surface area (Å²) in [6.45, 7) is 11.4. The van der Waals surface area contributed by atoms with E-state index in [9.17, 15) is 9.59 Å². The first kappa shape index (κ1) is 25.4. The van der Waals surface area contributed by atoms with Gasteiger partial charge in [-0.3, -0.25) is 9.59 Å². The Morgan fingerprint density at radius 1 is 1.00 bits per heavy atom. The van der Waals surface area contributed by atoms with Gasteiger partial charge in [-0.1, -0.05) is 77.1 Å². The molecular weight excluding hydrogens is 400 g/mol. The predicted octanol–water partition coefficient (Wildman–Crippen LogP) is 4.74. The van der Waals surface area contributed by atoms with Crippen molar-refractivity contribution >= 4 is 11.8 Å². The van der Waals surface area contributed by atoms with Crippen LogP contribution in [0.1, 0.15) is 58.6 Å². The van der Waals surface area contributed by atoms with Gasteiger partial charge in [-0.05, 0) is 47.9 Å². The summed E-state index contributed by atoms with van der Waals surface area (Å²) in [7, 11) is 0. The van der Waals surface area contributed by atoms with E-state index in [4.69, 9.17) is 4.74 Å². The van der Waals surface area contributed by atoms with Gasteiger partial charge in [-0.25, -0.2) is 0 Å². The van der Waals surface area contributed by atoms with Crippen molar-refractivity contribution in [2.24, 2.45) is 0 Å². The van der Waals surface area contributed by atoms with Crippen LogP contribution in [0.5, 0.6) is 5.75 Å². The highest BCUT2D eigenvalue weighted by Gasteiger charge is 2.28. The Kier molecular flexibility index (Phi) is 9.76. The topological polar surface area (TPSA) is 58.6 Å². The lowest BCUT2D eigenvalue weighted by atomic mass is 9.87. The van der Waals surface area contributed by atoms with E-state index in [-0.39, 0.29) is 23.8 Å². The maximum atomic E-state index is 13.2. The van der Waals surface area contributed by atoms with Crippen LogP contribution in [0, 0.1) is 0 Å². The Balaban J connectivity index is 2.10. The lowest BCUT2D eigenvalue weighted by Gasteiger charge is -2.30. The predicted molar refractivity (Wildman–Crippen MR) is 130 cm³/mol. The maximum Gasteiger partial charge on any atom is 0.261 e. The average Bonchev–Trinajstić information content (AvgIpc) is 2.79. The van der Waals surface area contributed by atoms with Crippen LogP contribution in [-0.4, -0.2) is 42.5 Å². The molecule has 1 atom stereocenters. The summed E-state index contributed by atoms with van der Waals surface area (Å²) in [6, 6.07) is 17.3. The van der Waals surface area contributed by atoms with E-state index in [1.165, 1.54) is 5.56 Å². The van der Waals surface area contributed by atoms with Gasteiger partial charge < -0.3 is 15.0 Å². The number of carbonyl (C=O) groups is 2. The van der Waals surface area contributed by atoms with E-state index in [1.54, 1.807) is 4.90 Å². The fourth-order valence-electron chi connectivity index (χ4n) is 3.54. The Morgan fingerprint density at radius 3 is 2.22 bits per heavy atom. The first-order valence-electron chi connectivity index (χ1n) is 11.6. The van der Waals surface area contributed by atoms with E-state index < -0.39 is 6.04 Å². The van der Waals surface area contributed by atoms with E-state index >= 15 is 0 Å². The van der Waals surface area contributed by atoms with Gasteiger partial charge in [0.2, 0.25) is 5.91 Å². The summed E-state index contributed by atoms with van der Waals surface area (Å²) in [5.74, 6) is 0.363. The zero-order chi connectivity index (χ0) is 23.6. The van der Waals surface area contributed by atoms with Gasteiger partial charge in [0.15, 0.2) is 6.61 Å². The van der Waals surface area contributed by atoms with E-state index in [2.05, 4.69) is 26.1 Å². The molecule has 0 spiro atoms. The minimum absolute atomic E-state index is 0.0583. The van der Waals surface area contributed by atoms with Crippen molar-refractivity contribution in [3.63, 3.8) is 0 Å². The van der Waals surface area contributed by atoms with Gasteiger partial charge in [0.1, 0.15) is 11.8 Å². The molecule has 5 heteroatoms. The van der Waals surface area contributed by atoms with Gasteiger partial charge in [0, 0.05) is 13.1 Å². The van der Waals surface area contributed by atoms with Gasteiger partial charge in [0.25, 0.3) is 5.91 Å². The second kappa shape index (κ2) is 12.3. The molecule has 0 aliphatic rings. The molecule has 0 aromatic heterocycles. The smallest absolute Gasteiger partial charge is 0.261 e. The van der Waals surface area contributed by atoms with Crippen molar-refractivity contribution < 1.29 is 14.3 Å². The van der Waals surface area contributed by atoms with Crippen molar-refractivity contribution in [2.45, 2.75) is 65.3 Å². The third-order valence-corrected chi connectivity index (χ3v) is 5.50. The minimum atomic E-state index is -0.510. The standard InChI is InChI=1S/C27H38N2O3/c1-6-18-28-26(31)24(7-2)29(19-17-21-11-9-8-10-12-21)25(30)20-32-23-15-13-22(14-16-23)27(3,4)5/h8-16,24H,6-7,17-20H2,1-5H3,(H,28,31)/t24-/m0/s1. The summed E-state index contributed by atoms with van der Waals surface area (Å²) in [5.41, 5.74) is 2.40. The van der Waals surface area contributed by atoms with Crippen molar-refractivity contribution in [2.75, 3.05) is 19.7 Å². The lowest BCUT2D eigenvalue weighted by Crippen LogP contribution is -2.51. The van der Waals surface area contributed by atoms with Crippen LogP contribution >= 0.6 is 0 Å². The zero-order valence-electron chi connectivity index (χ0n) is 20.2. The number of nitrogens with zero attached hydrogens (tertiary/aromatic N) is 1. The molecule has 0 aliphatic carbocycles. The summed E-state index contributed by atoms with van der Waals surface area (Å²) in [6.07, 6.45) is 2.09. The van der Waals surface area contributed by atoms with Crippen LogP contribution in [0.2, 0.25) is 0 Å². The van der Waals surface area contributed by atoms with Crippen LogP contribution in [0.25, 0.3) is 0 Å². The Labute approximate surface area is 193 Å². The fourth-order valence-corrected chi connectivity index (χ4v) is 3.54. The third-order valence-electron chi connectivity index (χ3n) is 5.50. The van der Waals surface area contributed by atoms with Crippen molar-refractivity contribution in [3.05, 3.63) is 65.7 Å². The summed E-state index contributed by atoms with van der Waals surface area (Å²) in [5, 5.41) is 2.94. The largest absolute Gasteiger partial charge is 0.484 e. The minimum Gasteiger partial charge on any atom is -0.484 e. The molecule has 32 heavy (non-hydrogen) atoms. The first-order valence-corrected chi connectivity index (χ1v) is 11.6. The molecule has 2 aromatic carbocycles. The van der Waals surface area contributed by atoms with Crippen LogP contribution in [0.3, 0.4) is 0 Å². The lowest BCUT2D eigenvalue weighted by molar-refractivity contribution is -0.142. The van der Waals surface area contributed by atoms with Gasteiger partial charge in [-0.15, -0.1) is 0 Å².